The maximum atomic E-state index is 11.8. The monoisotopic (exact) mass is 316 g/mol. The number of hydrogen-bond acceptors (Lipinski definition) is 4. The number of ether oxygens (including phenoxy) is 2. The van der Waals surface area contributed by atoms with Crippen molar-refractivity contribution < 1.29 is 15.7 Å². The van der Waals surface area contributed by atoms with Crippen LogP contribution in [0.15, 0.2) is 12.1 Å². The van der Waals surface area contributed by atoms with Gasteiger partial charge in [0.25, 0.3) is 0 Å². The van der Waals surface area contributed by atoms with E-state index in [-0.39, 0.29) is 22.8 Å². The quantitative estimate of drug-likeness (QED) is 0.747. The second-order valence-corrected chi connectivity index (χ2v) is 8.25. The fraction of sp³-hybridized carbons (Fsp3) is 0.632. The van der Waals surface area contributed by atoms with Crippen molar-refractivity contribution in [2.24, 2.45) is 11.3 Å². The molecule has 3 unspecified atom stereocenters. The van der Waals surface area contributed by atoms with Gasteiger partial charge in [0.1, 0.15) is 13.8 Å². The van der Waals surface area contributed by atoms with E-state index >= 15 is 0 Å². The van der Waals surface area contributed by atoms with Crippen LogP contribution in [0, 0.1) is 11.3 Å². The van der Waals surface area contributed by atoms with Crippen molar-refractivity contribution in [2.75, 3.05) is 13.2 Å². The molecular formula is C19H25NO3. The second-order valence-electron chi connectivity index (χ2n) is 8.25. The van der Waals surface area contributed by atoms with E-state index in [9.17, 15) is 4.79 Å². The van der Waals surface area contributed by atoms with Crippen molar-refractivity contribution in [1.29, 1.82) is 0 Å². The first-order valence-electron chi connectivity index (χ1n) is 8.92. The Kier molecular flexibility index (Phi) is 2.85. The van der Waals surface area contributed by atoms with Crippen molar-refractivity contribution in [2.45, 2.75) is 52.2 Å². The summed E-state index contributed by atoms with van der Waals surface area (Å²) in [6.07, 6.45) is 0.908. The number of rotatable bonds is 0. The molecule has 4 rings (SSSR count). The SMILES string of the molecule is [2H]N1CCC2(COc3c2ccc2c3COC2=O)C(C)C1C(C)(C)C. The van der Waals surface area contributed by atoms with Crippen LogP contribution in [0.2, 0.25) is 1.41 Å². The predicted molar refractivity (Wildman–Crippen MR) is 87.8 cm³/mol. The highest BCUT2D eigenvalue weighted by Crippen LogP contribution is 2.52. The number of nitrogens with one attached hydrogen (secondary N) is 1. The molecule has 23 heavy (non-hydrogen) atoms. The van der Waals surface area contributed by atoms with Gasteiger partial charge >= 0.3 is 5.97 Å². The molecule has 4 nitrogen and oxygen atoms in total. The largest absolute Gasteiger partial charge is 0.492 e. The Morgan fingerprint density at radius 3 is 2.87 bits per heavy atom. The number of benzene rings is 1. The normalized spacial score (nSPS) is 33.9. The molecule has 0 bridgehead atoms. The number of piperidine rings is 1. The number of carbonyl (C=O) groups is 1. The van der Waals surface area contributed by atoms with E-state index in [1.165, 1.54) is 5.56 Å². The van der Waals surface area contributed by atoms with Gasteiger partial charge in [0.05, 0.1) is 12.2 Å². The van der Waals surface area contributed by atoms with Gasteiger partial charge in [-0.3, -0.25) is 0 Å². The number of hydrogen-bond donors (Lipinski definition) is 1. The van der Waals surface area contributed by atoms with Crippen molar-refractivity contribution in [1.82, 2.24) is 5.31 Å². The van der Waals surface area contributed by atoms with Crippen molar-refractivity contribution in [3.63, 3.8) is 0 Å². The molecule has 0 aromatic heterocycles. The molecular weight excluding hydrogens is 290 g/mol. The summed E-state index contributed by atoms with van der Waals surface area (Å²) in [6, 6.07) is 4.11. The number of fused-ring (bicyclic) bond motifs is 4. The fourth-order valence-corrected chi connectivity index (χ4v) is 4.71. The van der Waals surface area contributed by atoms with Gasteiger partial charge in [-0.15, -0.1) is 0 Å². The topological polar surface area (TPSA) is 47.6 Å². The lowest BCUT2D eigenvalue weighted by Crippen LogP contribution is -2.58. The van der Waals surface area contributed by atoms with Crippen LogP contribution in [0.5, 0.6) is 5.75 Å². The summed E-state index contributed by atoms with van der Waals surface area (Å²) in [7, 11) is 0. The zero-order valence-corrected chi connectivity index (χ0v) is 14.3. The molecule has 3 heterocycles. The minimum absolute atomic E-state index is 0.0210. The zero-order chi connectivity index (χ0) is 17.3. The lowest BCUT2D eigenvalue weighted by Gasteiger charge is -2.49. The number of carbonyl (C=O) groups excluding carboxylic acids is 1. The third kappa shape index (κ3) is 1.97. The molecule has 0 aliphatic carbocycles. The standard InChI is InChI=1S/C19H25NO3/c1-11-16(18(2,3)4)20-8-7-19(11)10-23-15-13-9-22-17(21)12(13)5-6-14(15)19/h5-6,11,16,20H,7-10H2,1-4H3/i/hD. The van der Waals surface area contributed by atoms with Crippen LogP contribution in [-0.4, -0.2) is 25.2 Å². The average Bonchev–Trinajstić information content (AvgIpc) is 3.05. The summed E-state index contributed by atoms with van der Waals surface area (Å²) >= 11 is 0. The molecule has 0 radical (unpaired) electrons. The van der Waals surface area contributed by atoms with E-state index in [0.717, 1.165) is 24.3 Å². The van der Waals surface area contributed by atoms with Gasteiger partial charge in [-0.05, 0) is 30.4 Å². The second kappa shape index (κ2) is 4.73. The van der Waals surface area contributed by atoms with E-state index in [0.29, 0.717) is 24.7 Å². The maximum Gasteiger partial charge on any atom is 0.339 e. The van der Waals surface area contributed by atoms with Crippen LogP contribution in [0.1, 0.15) is 55.6 Å². The van der Waals surface area contributed by atoms with Crippen LogP contribution in [0.3, 0.4) is 0 Å². The summed E-state index contributed by atoms with van der Waals surface area (Å²) < 4.78 is 19.7. The van der Waals surface area contributed by atoms with Gasteiger partial charge in [-0.25, -0.2) is 4.79 Å². The first kappa shape index (κ1) is 13.8. The van der Waals surface area contributed by atoms with Crippen molar-refractivity contribution >= 4 is 5.97 Å². The highest BCUT2D eigenvalue weighted by atomic mass is 16.5. The molecule has 1 N–H and O–H groups in total. The van der Waals surface area contributed by atoms with E-state index < -0.39 is 0 Å². The average molecular weight is 316 g/mol. The van der Waals surface area contributed by atoms with Crippen LogP contribution in [-0.2, 0) is 16.8 Å². The molecule has 0 amide bonds. The van der Waals surface area contributed by atoms with E-state index in [1.807, 2.05) is 6.07 Å². The Bertz CT molecular complexity index is 711. The van der Waals surface area contributed by atoms with Gasteiger partial charge in [-0.1, -0.05) is 33.8 Å². The Morgan fingerprint density at radius 1 is 1.35 bits per heavy atom. The third-order valence-electron chi connectivity index (χ3n) is 5.95. The first-order valence-corrected chi connectivity index (χ1v) is 8.47. The van der Waals surface area contributed by atoms with Gasteiger partial charge in [0.2, 0.25) is 0 Å². The summed E-state index contributed by atoms with van der Waals surface area (Å²) in [5.74, 6) is 0.899. The first-order chi connectivity index (χ1) is 11.3. The Hall–Kier alpha value is -1.55. The highest BCUT2D eigenvalue weighted by molar-refractivity contribution is 5.94. The Balaban J connectivity index is 1.81. The molecule has 3 aliphatic heterocycles. The van der Waals surface area contributed by atoms with Crippen LogP contribution in [0.4, 0.5) is 0 Å². The van der Waals surface area contributed by atoms with Gasteiger partial charge < -0.3 is 14.8 Å². The Morgan fingerprint density at radius 2 is 2.13 bits per heavy atom. The summed E-state index contributed by atoms with van der Waals surface area (Å²) in [5, 5.41) is 1.76. The summed E-state index contributed by atoms with van der Waals surface area (Å²) in [4.78, 5) is 11.8. The molecule has 1 fully saturated rings. The van der Waals surface area contributed by atoms with E-state index in [2.05, 4.69) is 33.8 Å². The molecule has 0 saturated carbocycles. The van der Waals surface area contributed by atoms with E-state index in [1.54, 1.807) is 5.31 Å². The molecule has 3 aliphatic rings. The fourth-order valence-electron chi connectivity index (χ4n) is 4.71. The van der Waals surface area contributed by atoms with Crippen LogP contribution in [0.25, 0.3) is 0 Å². The van der Waals surface area contributed by atoms with Crippen LogP contribution >= 0.6 is 0 Å². The predicted octanol–water partition coefficient (Wildman–Crippen LogP) is 3.03. The molecule has 1 aromatic carbocycles. The number of esters is 1. The Labute approximate surface area is 139 Å². The smallest absolute Gasteiger partial charge is 0.339 e. The molecule has 1 aromatic rings. The van der Waals surface area contributed by atoms with E-state index in [4.69, 9.17) is 10.9 Å². The minimum atomic E-state index is -0.251. The van der Waals surface area contributed by atoms with Gasteiger partial charge in [0.15, 0.2) is 0 Å². The summed E-state index contributed by atoms with van der Waals surface area (Å²) in [5.41, 5.74) is 2.69. The van der Waals surface area contributed by atoms with Gasteiger partial charge in [-0.2, -0.15) is 0 Å². The molecule has 4 heteroatoms. The molecule has 1 saturated heterocycles. The maximum absolute atomic E-state index is 11.8. The lowest BCUT2D eigenvalue weighted by atomic mass is 9.61. The lowest BCUT2D eigenvalue weighted by molar-refractivity contribution is 0.0533. The van der Waals surface area contributed by atoms with Gasteiger partial charge in [0, 0.05) is 22.6 Å². The van der Waals surface area contributed by atoms with Crippen molar-refractivity contribution in [3.05, 3.63) is 28.8 Å². The third-order valence-corrected chi connectivity index (χ3v) is 5.95. The highest BCUT2D eigenvalue weighted by Gasteiger charge is 2.52. The van der Waals surface area contributed by atoms with Crippen LogP contribution < -0.4 is 10.0 Å². The van der Waals surface area contributed by atoms with Crippen molar-refractivity contribution in [3.8, 4) is 5.75 Å². The zero-order valence-electron chi connectivity index (χ0n) is 15.3. The number of cyclic esters (lactones) is 1. The summed E-state index contributed by atoms with van der Waals surface area (Å²) in [6.45, 7) is 10.6. The molecule has 3 atom stereocenters. The molecule has 124 valence electrons. The minimum Gasteiger partial charge on any atom is -0.492 e. The molecule has 1 spiro atoms.